The number of carbonyl (C=O) groups is 2. The lowest BCUT2D eigenvalue weighted by atomic mass is 10.4. The second-order valence-corrected chi connectivity index (χ2v) is 3.34. The normalized spacial score (nSPS) is 12.9. The van der Waals surface area contributed by atoms with Crippen molar-refractivity contribution in [2.45, 2.75) is 32.8 Å². The molecular formula is C12H18O4. The lowest BCUT2D eigenvalue weighted by Crippen LogP contribution is -2.05. The molecule has 0 aromatic carbocycles. The molecule has 0 spiro atoms. The van der Waals surface area contributed by atoms with E-state index >= 15 is 0 Å². The fourth-order valence-corrected chi connectivity index (χ4v) is 0.639. The van der Waals surface area contributed by atoms with Gasteiger partial charge in [-0.3, -0.25) is 0 Å². The summed E-state index contributed by atoms with van der Waals surface area (Å²) < 4.78 is 9.32. The van der Waals surface area contributed by atoms with E-state index in [4.69, 9.17) is 4.74 Å². The number of esters is 2. The summed E-state index contributed by atoms with van der Waals surface area (Å²) >= 11 is 0. The summed E-state index contributed by atoms with van der Waals surface area (Å²) in [5, 5.41) is 0. The third kappa shape index (κ3) is 7.79. The van der Waals surface area contributed by atoms with Gasteiger partial charge in [-0.1, -0.05) is 13.2 Å². The van der Waals surface area contributed by atoms with Crippen LogP contribution in [0.5, 0.6) is 0 Å². The Kier molecular flexibility index (Phi) is 6.92. The first kappa shape index (κ1) is 14.4. The van der Waals surface area contributed by atoms with Gasteiger partial charge in [0.2, 0.25) is 0 Å². The minimum absolute atomic E-state index is 0.203. The Labute approximate surface area is 95.9 Å². The lowest BCUT2D eigenvalue weighted by molar-refractivity contribution is -0.140. The van der Waals surface area contributed by atoms with Crippen LogP contribution in [0.3, 0.4) is 0 Å². The minimum Gasteiger partial charge on any atom is -0.463 e. The predicted octanol–water partition coefficient (Wildman–Crippen LogP) is 2.00. The molecule has 0 saturated heterocycles. The fraction of sp³-hybridized carbons (Fsp3) is 0.500. The van der Waals surface area contributed by atoms with E-state index in [1.54, 1.807) is 13.8 Å². The molecule has 1 aliphatic carbocycles. The van der Waals surface area contributed by atoms with Crippen LogP contribution in [0.4, 0.5) is 0 Å². The third-order valence-electron chi connectivity index (χ3n) is 1.60. The van der Waals surface area contributed by atoms with E-state index < -0.39 is 0 Å². The largest absolute Gasteiger partial charge is 0.463 e. The van der Waals surface area contributed by atoms with E-state index in [0.29, 0.717) is 12.2 Å². The second-order valence-electron chi connectivity index (χ2n) is 3.34. The SMILES string of the molecule is C=C(C)C(=O)OC1CC1.C=CC(=O)OCC. The van der Waals surface area contributed by atoms with Crippen LogP contribution in [0, 0.1) is 0 Å². The van der Waals surface area contributed by atoms with E-state index in [1.807, 2.05) is 0 Å². The van der Waals surface area contributed by atoms with Gasteiger partial charge in [0.1, 0.15) is 6.10 Å². The van der Waals surface area contributed by atoms with Crippen molar-refractivity contribution in [3.63, 3.8) is 0 Å². The highest BCUT2D eigenvalue weighted by Gasteiger charge is 2.25. The number of hydrogen-bond donors (Lipinski definition) is 0. The van der Waals surface area contributed by atoms with Crippen molar-refractivity contribution >= 4 is 11.9 Å². The smallest absolute Gasteiger partial charge is 0.333 e. The molecule has 0 aromatic rings. The van der Waals surface area contributed by atoms with Crippen molar-refractivity contribution in [3.8, 4) is 0 Å². The van der Waals surface area contributed by atoms with Crippen molar-refractivity contribution in [1.82, 2.24) is 0 Å². The highest BCUT2D eigenvalue weighted by atomic mass is 16.5. The van der Waals surface area contributed by atoms with E-state index in [2.05, 4.69) is 17.9 Å². The summed E-state index contributed by atoms with van der Waals surface area (Å²) in [7, 11) is 0. The summed E-state index contributed by atoms with van der Waals surface area (Å²) in [6.07, 6.45) is 3.40. The Hall–Kier alpha value is -1.58. The van der Waals surface area contributed by atoms with Crippen LogP contribution in [0.2, 0.25) is 0 Å². The average Bonchev–Trinajstić information content (AvgIpc) is 3.02. The third-order valence-corrected chi connectivity index (χ3v) is 1.60. The molecule has 0 bridgehead atoms. The zero-order chi connectivity index (χ0) is 12.6. The highest BCUT2D eigenvalue weighted by Crippen LogP contribution is 2.24. The van der Waals surface area contributed by atoms with Gasteiger partial charge in [-0.05, 0) is 26.7 Å². The molecule has 0 N–H and O–H groups in total. The summed E-state index contributed by atoms with van der Waals surface area (Å²) in [6.45, 7) is 10.5. The molecule has 4 nitrogen and oxygen atoms in total. The Morgan fingerprint density at radius 1 is 1.44 bits per heavy atom. The van der Waals surface area contributed by atoms with Crippen molar-refractivity contribution in [2.24, 2.45) is 0 Å². The molecule has 0 atom stereocenters. The van der Waals surface area contributed by atoms with Gasteiger partial charge in [0.15, 0.2) is 0 Å². The van der Waals surface area contributed by atoms with Gasteiger partial charge >= 0.3 is 11.9 Å². The van der Waals surface area contributed by atoms with E-state index in [0.717, 1.165) is 18.9 Å². The maximum atomic E-state index is 10.7. The summed E-state index contributed by atoms with van der Waals surface area (Å²) in [5.74, 6) is -0.611. The van der Waals surface area contributed by atoms with Gasteiger partial charge < -0.3 is 9.47 Å². The van der Waals surface area contributed by atoms with Crippen LogP contribution in [0.15, 0.2) is 24.8 Å². The molecule has 4 heteroatoms. The first-order valence-corrected chi connectivity index (χ1v) is 5.16. The molecule has 0 radical (unpaired) electrons. The maximum absolute atomic E-state index is 10.7. The molecule has 1 rings (SSSR count). The topological polar surface area (TPSA) is 52.6 Å². The van der Waals surface area contributed by atoms with Crippen LogP contribution in [-0.4, -0.2) is 24.6 Å². The van der Waals surface area contributed by atoms with Gasteiger partial charge in [0.05, 0.1) is 6.61 Å². The van der Waals surface area contributed by atoms with Crippen LogP contribution in [0.1, 0.15) is 26.7 Å². The quantitative estimate of drug-likeness (QED) is 0.543. The first-order chi connectivity index (χ1) is 7.51. The lowest BCUT2D eigenvalue weighted by Gasteiger charge is -1.98. The Morgan fingerprint density at radius 3 is 2.25 bits per heavy atom. The van der Waals surface area contributed by atoms with Crippen LogP contribution >= 0.6 is 0 Å². The number of carbonyl (C=O) groups excluding carboxylic acids is 2. The van der Waals surface area contributed by atoms with Gasteiger partial charge in [0, 0.05) is 11.6 Å². The molecule has 0 amide bonds. The minimum atomic E-state index is -0.359. The van der Waals surface area contributed by atoms with Gasteiger partial charge in [-0.25, -0.2) is 9.59 Å². The summed E-state index contributed by atoms with van der Waals surface area (Å²) in [5.41, 5.74) is 0.488. The number of hydrogen-bond acceptors (Lipinski definition) is 4. The standard InChI is InChI=1S/C7H10O2.C5H8O2/c1-5(2)7(8)9-6-3-4-6;1-3-5(6)7-4-2/h6H,1,3-4H2,2H3;3H,1,4H2,2H3. The molecule has 0 aromatic heterocycles. The maximum Gasteiger partial charge on any atom is 0.333 e. The first-order valence-electron chi connectivity index (χ1n) is 5.16. The van der Waals surface area contributed by atoms with Crippen molar-refractivity contribution in [2.75, 3.05) is 6.61 Å². The zero-order valence-electron chi connectivity index (χ0n) is 9.82. The molecular weight excluding hydrogens is 208 g/mol. The van der Waals surface area contributed by atoms with Crippen molar-refractivity contribution in [1.29, 1.82) is 0 Å². The fourth-order valence-electron chi connectivity index (χ4n) is 0.639. The molecule has 0 unspecified atom stereocenters. The monoisotopic (exact) mass is 226 g/mol. The molecule has 90 valence electrons. The second kappa shape index (κ2) is 7.68. The Bertz CT molecular complexity index is 277. The van der Waals surface area contributed by atoms with Gasteiger partial charge in [-0.2, -0.15) is 0 Å². The summed E-state index contributed by atoms with van der Waals surface area (Å²) in [4.78, 5) is 20.7. The molecule has 0 heterocycles. The molecule has 1 saturated carbocycles. The predicted molar refractivity (Wildman–Crippen MR) is 60.8 cm³/mol. The van der Waals surface area contributed by atoms with Crippen LogP contribution in [-0.2, 0) is 19.1 Å². The van der Waals surface area contributed by atoms with E-state index in [9.17, 15) is 9.59 Å². The Balaban J connectivity index is 0.000000293. The molecule has 1 fully saturated rings. The van der Waals surface area contributed by atoms with Crippen LogP contribution in [0.25, 0.3) is 0 Å². The zero-order valence-corrected chi connectivity index (χ0v) is 9.82. The van der Waals surface area contributed by atoms with E-state index in [1.165, 1.54) is 0 Å². The van der Waals surface area contributed by atoms with Crippen LogP contribution < -0.4 is 0 Å². The van der Waals surface area contributed by atoms with Gasteiger partial charge in [-0.15, -0.1) is 0 Å². The van der Waals surface area contributed by atoms with Crippen molar-refractivity contribution < 1.29 is 19.1 Å². The average molecular weight is 226 g/mol. The Morgan fingerprint density at radius 2 is 2.00 bits per heavy atom. The van der Waals surface area contributed by atoms with Crippen molar-refractivity contribution in [3.05, 3.63) is 24.8 Å². The number of ether oxygens (including phenoxy) is 2. The van der Waals surface area contributed by atoms with E-state index in [-0.39, 0.29) is 18.0 Å². The molecule has 1 aliphatic rings. The summed E-state index contributed by atoms with van der Waals surface area (Å²) in [6, 6.07) is 0. The molecule has 0 aliphatic heterocycles. The molecule has 16 heavy (non-hydrogen) atoms. The highest BCUT2D eigenvalue weighted by molar-refractivity contribution is 5.87. The number of rotatable bonds is 4. The van der Waals surface area contributed by atoms with Gasteiger partial charge in [0.25, 0.3) is 0 Å².